The van der Waals surface area contributed by atoms with Gasteiger partial charge in [-0.2, -0.15) is 0 Å². The van der Waals surface area contributed by atoms with Crippen molar-refractivity contribution in [3.05, 3.63) is 24.2 Å². The summed E-state index contributed by atoms with van der Waals surface area (Å²) in [7, 11) is 1.71. The molecule has 0 aromatic carbocycles. The van der Waals surface area contributed by atoms with Crippen molar-refractivity contribution >= 4 is 29.9 Å². The summed E-state index contributed by atoms with van der Waals surface area (Å²) in [5.74, 6) is 1.78. The second kappa shape index (κ2) is 12.5. The number of hydrogen-bond donors (Lipinski definition) is 2. The lowest BCUT2D eigenvalue weighted by Gasteiger charge is -2.27. The van der Waals surface area contributed by atoms with E-state index in [9.17, 15) is 0 Å². The van der Waals surface area contributed by atoms with Crippen molar-refractivity contribution in [3.63, 3.8) is 0 Å². The van der Waals surface area contributed by atoms with E-state index >= 15 is 0 Å². The average Bonchev–Trinajstić information content (AvgIpc) is 3.13. The lowest BCUT2D eigenvalue weighted by atomic mass is 10.1. The van der Waals surface area contributed by atoms with Crippen LogP contribution in [0.15, 0.2) is 27.8 Å². The molecule has 26 heavy (non-hydrogen) atoms. The zero-order valence-electron chi connectivity index (χ0n) is 16.1. The van der Waals surface area contributed by atoms with E-state index in [4.69, 9.17) is 13.9 Å². The Balaban J connectivity index is 0.00000338. The number of rotatable bonds is 9. The van der Waals surface area contributed by atoms with Gasteiger partial charge in [0.1, 0.15) is 5.76 Å². The molecule has 7 nitrogen and oxygen atoms in total. The predicted molar refractivity (Wildman–Crippen MR) is 114 cm³/mol. The van der Waals surface area contributed by atoms with Gasteiger partial charge in [0.2, 0.25) is 0 Å². The van der Waals surface area contributed by atoms with Crippen LogP contribution in [0.4, 0.5) is 0 Å². The highest BCUT2D eigenvalue weighted by molar-refractivity contribution is 14.0. The molecule has 0 amide bonds. The maximum Gasteiger partial charge on any atom is 0.191 e. The molecule has 2 N–H and O–H groups in total. The van der Waals surface area contributed by atoms with Crippen LogP contribution in [0.2, 0.25) is 0 Å². The zero-order chi connectivity index (χ0) is 18.0. The van der Waals surface area contributed by atoms with Gasteiger partial charge in [-0.25, -0.2) is 0 Å². The minimum atomic E-state index is -0.278. The maximum absolute atomic E-state index is 5.45. The molecule has 0 aliphatic carbocycles. The van der Waals surface area contributed by atoms with E-state index in [2.05, 4.69) is 20.5 Å². The smallest absolute Gasteiger partial charge is 0.191 e. The first kappa shape index (κ1) is 23.2. The molecule has 1 saturated heterocycles. The van der Waals surface area contributed by atoms with Crippen LogP contribution in [0.25, 0.3) is 0 Å². The topological polar surface area (TPSA) is 71.3 Å². The second-order valence-electron chi connectivity index (χ2n) is 6.77. The van der Waals surface area contributed by atoms with Crippen molar-refractivity contribution in [2.24, 2.45) is 4.99 Å². The fourth-order valence-corrected chi connectivity index (χ4v) is 2.42. The summed E-state index contributed by atoms with van der Waals surface area (Å²) in [6, 6.07) is 3.89. The molecular weight excluding hydrogens is 447 g/mol. The second-order valence-corrected chi connectivity index (χ2v) is 6.77. The molecular formula is C18H33IN4O3. The van der Waals surface area contributed by atoms with E-state index in [1.54, 1.807) is 13.4 Å². The minimum absolute atomic E-state index is 0. The van der Waals surface area contributed by atoms with Gasteiger partial charge in [0, 0.05) is 46.3 Å². The number of morpholine rings is 1. The molecule has 2 heterocycles. The van der Waals surface area contributed by atoms with E-state index in [0.717, 1.165) is 64.1 Å². The SMILES string of the molecule is COC(C)(C)CN=C(NCCc1ccco1)NCCN1CCOCC1.I. The summed E-state index contributed by atoms with van der Waals surface area (Å²) >= 11 is 0. The summed E-state index contributed by atoms with van der Waals surface area (Å²) in [6.07, 6.45) is 2.52. The molecule has 0 saturated carbocycles. The number of furan rings is 1. The van der Waals surface area contributed by atoms with Gasteiger partial charge in [-0.3, -0.25) is 9.89 Å². The standard InChI is InChI=1S/C18H32N4O3.HI/c1-18(2,23-3)15-21-17(19-7-6-16-5-4-12-25-16)20-8-9-22-10-13-24-14-11-22;/h4-5,12H,6-11,13-15H2,1-3H3,(H2,19,20,21);1H. The number of nitrogens with one attached hydrogen (secondary N) is 2. The number of guanidine groups is 1. The Labute approximate surface area is 173 Å². The molecule has 1 aromatic heterocycles. The van der Waals surface area contributed by atoms with E-state index < -0.39 is 0 Å². The molecule has 0 atom stereocenters. The molecule has 0 unspecified atom stereocenters. The highest BCUT2D eigenvalue weighted by Gasteiger charge is 2.16. The normalized spacial score (nSPS) is 16.2. The van der Waals surface area contributed by atoms with Crippen molar-refractivity contribution < 1.29 is 13.9 Å². The van der Waals surface area contributed by atoms with Gasteiger partial charge in [0.25, 0.3) is 0 Å². The molecule has 2 rings (SSSR count). The summed E-state index contributed by atoms with van der Waals surface area (Å²) in [5, 5.41) is 6.79. The molecule has 1 aliphatic rings. The zero-order valence-corrected chi connectivity index (χ0v) is 18.5. The summed E-state index contributed by atoms with van der Waals surface area (Å²) in [5.41, 5.74) is -0.278. The number of methoxy groups -OCH3 is 1. The summed E-state index contributed by atoms with van der Waals surface area (Å²) in [4.78, 5) is 7.06. The highest BCUT2D eigenvalue weighted by Crippen LogP contribution is 2.07. The molecule has 1 aromatic rings. The monoisotopic (exact) mass is 480 g/mol. The maximum atomic E-state index is 5.45. The van der Waals surface area contributed by atoms with Crippen LogP contribution in [0.3, 0.4) is 0 Å². The molecule has 8 heteroatoms. The molecule has 150 valence electrons. The Hall–Kier alpha value is -0.840. The summed E-state index contributed by atoms with van der Waals surface area (Å²) in [6.45, 7) is 10.9. The predicted octanol–water partition coefficient (Wildman–Crippen LogP) is 1.73. The molecule has 1 fully saturated rings. The van der Waals surface area contributed by atoms with Gasteiger partial charge in [-0.15, -0.1) is 24.0 Å². The number of hydrogen-bond acceptors (Lipinski definition) is 5. The Kier molecular flexibility index (Phi) is 11.2. The van der Waals surface area contributed by atoms with Crippen LogP contribution >= 0.6 is 24.0 Å². The van der Waals surface area contributed by atoms with E-state index in [0.29, 0.717) is 6.54 Å². The van der Waals surface area contributed by atoms with Gasteiger partial charge in [-0.05, 0) is 26.0 Å². The first-order valence-electron chi connectivity index (χ1n) is 8.99. The fraction of sp³-hybridized carbons (Fsp3) is 0.722. The number of aliphatic imine (C=N–C) groups is 1. The fourth-order valence-electron chi connectivity index (χ4n) is 2.42. The molecule has 0 spiro atoms. The Morgan fingerprint density at radius 3 is 2.65 bits per heavy atom. The number of halogens is 1. The van der Waals surface area contributed by atoms with Crippen LogP contribution in [0.5, 0.6) is 0 Å². The van der Waals surface area contributed by atoms with Crippen LogP contribution < -0.4 is 10.6 Å². The van der Waals surface area contributed by atoms with E-state index in [-0.39, 0.29) is 29.6 Å². The Morgan fingerprint density at radius 2 is 2.00 bits per heavy atom. The molecule has 0 bridgehead atoms. The van der Waals surface area contributed by atoms with Gasteiger partial charge in [-0.1, -0.05) is 0 Å². The van der Waals surface area contributed by atoms with Crippen molar-refractivity contribution in [3.8, 4) is 0 Å². The average molecular weight is 480 g/mol. The van der Waals surface area contributed by atoms with Crippen molar-refractivity contribution in [1.29, 1.82) is 0 Å². The Bertz CT molecular complexity index is 503. The molecule has 1 aliphatic heterocycles. The number of ether oxygens (including phenoxy) is 2. The first-order chi connectivity index (χ1) is 12.1. The van der Waals surface area contributed by atoms with Gasteiger partial charge >= 0.3 is 0 Å². The van der Waals surface area contributed by atoms with Crippen molar-refractivity contribution in [1.82, 2.24) is 15.5 Å². The minimum Gasteiger partial charge on any atom is -0.469 e. The largest absolute Gasteiger partial charge is 0.469 e. The van der Waals surface area contributed by atoms with E-state index in [1.165, 1.54) is 0 Å². The van der Waals surface area contributed by atoms with Crippen LogP contribution in [0, 0.1) is 0 Å². The van der Waals surface area contributed by atoms with E-state index in [1.807, 2.05) is 26.0 Å². The molecule has 0 radical (unpaired) electrons. The third kappa shape index (κ3) is 9.20. The van der Waals surface area contributed by atoms with Crippen LogP contribution in [-0.2, 0) is 15.9 Å². The van der Waals surface area contributed by atoms with Crippen molar-refractivity contribution in [2.75, 3.05) is 59.6 Å². The van der Waals surface area contributed by atoms with Crippen LogP contribution in [0.1, 0.15) is 19.6 Å². The van der Waals surface area contributed by atoms with Gasteiger partial charge in [0.05, 0.1) is 31.6 Å². The first-order valence-corrected chi connectivity index (χ1v) is 8.99. The lowest BCUT2D eigenvalue weighted by Crippen LogP contribution is -2.45. The quantitative estimate of drug-likeness (QED) is 0.319. The highest BCUT2D eigenvalue weighted by atomic mass is 127. The van der Waals surface area contributed by atoms with Gasteiger partial charge in [0.15, 0.2) is 5.96 Å². The Morgan fingerprint density at radius 1 is 1.27 bits per heavy atom. The lowest BCUT2D eigenvalue weighted by molar-refractivity contribution is 0.0310. The summed E-state index contributed by atoms with van der Waals surface area (Å²) < 4.78 is 16.2. The van der Waals surface area contributed by atoms with Crippen LogP contribution in [-0.4, -0.2) is 76.1 Å². The van der Waals surface area contributed by atoms with Crippen molar-refractivity contribution in [2.45, 2.75) is 25.9 Å². The third-order valence-corrected chi connectivity index (χ3v) is 4.24. The third-order valence-electron chi connectivity index (χ3n) is 4.24. The number of nitrogens with zero attached hydrogens (tertiary/aromatic N) is 2. The van der Waals surface area contributed by atoms with Gasteiger partial charge < -0.3 is 24.5 Å².